The number of fused-ring (bicyclic) bond motifs is 1. The Morgan fingerprint density at radius 2 is 2.07 bits per heavy atom. The average molecular weight is 414 g/mol. The minimum absolute atomic E-state index is 0.0397. The van der Waals surface area contributed by atoms with Crippen LogP contribution >= 0.6 is 11.3 Å². The van der Waals surface area contributed by atoms with Crippen molar-refractivity contribution >= 4 is 23.2 Å². The summed E-state index contributed by atoms with van der Waals surface area (Å²) in [6.45, 7) is 4.12. The Kier molecular flexibility index (Phi) is 5.85. The fraction of sp³-hybridized carbons (Fsp3) is 0.500. The highest BCUT2D eigenvalue weighted by Gasteiger charge is 2.39. The fourth-order valence-electron chi connectivity index (χ4n) is 4.61. The minimum atomic E-state index is 0.0397. The van der Waals surface area contributed by atoms with Gasteiger partial charge >= 0.3 is 0 Å². The number of ether oxygens (including phenoxy) is 1. The zero-order chi connectivity index (χ0) is 20.4. The number of thiazole rings is 1. The first-order valence-corrected chi connectivity index (χ1v) is 11.1. The van der Waals surface area contributed by atoms with Crippen molar-refractivity contribution in [3.8, 4) is 5.75 Å². The highest BCUT2D eigenvalue weighted by Crippen LogP contribution is 2.32. The lowest BCUT2D eigenvalue weighted by molar-refractivity contribution is -0.133. The van der Waals surface area contributed by atoms with Gasteiger partial charge in [-0.05, 0) is 38.2 Å². The van der Waals surface area contributed by atoms with Crippen LogP contribution in [0.5, 0.6) is 5.75 Å². The molecule has 2 saturated heterocycles. The van der Waals surface area contributed by atoms with E-state index >= 15 is 0 Å². The van der Waals surface area contributed by atoms with Crippen molar-refractivity contribution in [1.82, 2.24) is 14.8 Å². The SMILES string of the molecule is COc1ccccc1CC(=O)N1CC[C@@H]2[C@H](CCCN2C(=O)c2csc(C)n2)C1. The summed E-state index contributed by atoms with van der Waals surface area (Å²) in [5, 5.41) is 2.77. The Hall–Kier alpha value is -2.41. The molecular formula is C22H27N3O3S. The fourth-order valence-corrected chi connectivity index (χ4v) is 5.20. The van der Waals surface area contributed by atoms with Crippen LogP contribution in [0.15, 0.2) is 29.6 Å². The zero-order valence-corrected chi connectivity index (χ0v) is 17.8. The van der Waals surface area contributed by atoms with Crippen LogP contribution < -0.4 is 4.74 Å². The molecule has 0 unspecified atom stereocenters. The second-order valence-corrected chi connectivity index (χ2v) is 8.90. The van der Waals surface area contributed by atoms with Gasteiger partial charge in [0.05, 0.1) is 18.5 Å². The highest BCUT2D eigenvalue weighted by molar-refractivity contribution is 7.09. The average Bonchev–Trinajstić information content (AvgIpc) is 3.19. The predicted octanol–water partition coefficient (Wildman–Crippen LogP) is 3.16. The molecule has 0 aliphatic carbocycles. The number of carbonyl (C=O) groups excluding carboxylic acids is 2. The number of piperidine rings is 2. The molecule has 2 aromatic rings. The van der Waals surface area contributed by atoms with Crippen LogP contribution in [0.1, 0.15) is 40.3 Å². The summed E-state index contributed by atoms with van der Waals surface area (Å²) in [5.41, 5.74) is 1.48. The first-order valence-electron chi connectivity index (χ1n) is 10.2. The number of hydrogen-bond donors (Lipinski definition) is 0. The lowest BCUT2D eigenvalue weighted by Crippen LogP contribution is -2.56. The van der Waals surface area contributed by atoms with Gasteiger partial charge in [0.15, 0.2) is 0 Å². The Morgan fingerprint density at radius 3 is 2.83 bits per heavy atom. The molecule has 2 aliphatic heterocycles. The molecule has 2 fully saturated rings. The molecule has 0 radical (unpaired) electrons. The quantitative estimate of drug-likeness (QED) is 0.773. The van der Waals surface area contributed by atoms with E-state index in [4.69, 9.17) is 4.74 Å². The van der Waals surface area contributed by atoms with E-state index in [0.717, 1.165) is 48.7 Å². The van der Waals surface area contributed by atoms with Crippen molar-refractivity contribution in [3.63, 3.8) is 0 Å². The minimum Gasteiger partial charge on any atom is -0.496 e. The van der Waals surface area contributed by atoms with Gasteiger partial charge < -0.3 is 14.5 Å². The summed E-state index contributed by atoms with van der Waals surface area (Å²) < 4.78 is 5.38. The van der Waals surface area contributed by atoms with E-state index in [-0.39, 0.29) is 17.9 Å². The van der Waals surface area contributed by atoms with Gasteiger partial charge in [-0.2, -0.15) is 0 Å². The van der Waals surface area contributed by atoms with Crippen LogP contribution in [0, 0.1) is 12.8 Å². The smallest absolute Gasteiger partial charge is 0.273 e. The Balaban J connectivity index is 1.42. The summed E-state index contributed by atoms with van der Waals surface area (Å²) in [7, 11) is 1.63. The molecule has 4 rings (SSSR count). The molecule has 1 aromatic heterocycles. The molecule has 0 spiro atoms. The van der Waals surface area contributed by atoms with Crippen LogP contribution in [0.25, 0.3) is 0 Å². The molecule has 6 nitrogen and oxygen atoms in total. The van der Waals surface area contributed by atoms with E-state index in [1.807, 2.05) is 46.4 Å². The molecular weight excluding hydrogens is 386 g/mol. The number of carbonyl (C=O) groups is 2. The normalized spacial score (nSPS) is 21.6. The Morgan fingerprint density at radius 1 is 1.24 bits per heavy atom. The maximum absolute atomic E-state index is 13.0. The summed E-state index contributed by atoms with van der Waals surface area (Å²) >= 11 is 1.51. The van der Waals surface area contributed by atoms with Crippen molar-refractivity contribution in [2.75, 3.05) is 26.7 Å². The van der Waals surface area contributed by atoms with Crippen LogP contribution in [0.4, 0.5) is 0 Å². The van der Waals surface area contributed by atoms with E-state index < -0.39 is 0 Å². The number of rotatable bonds is 4. The number of likely N-dealkylation sites (tertiary alicyclic amines) is 2. The molecule has 0 bridgehead atoms. The zero-order valence-electron chi connectivity index (χ0n) is 17.0. The van der Waals surface area contributed by atoms with Gasteiger partial charge in [0.25, 0.3) is 5.91 Å². The Labute approximate surface area is 175 Å². The third-order valence-electron chi connectivity index (χ3n) is 6.05. The molecule has 2 aliphatic rings. The molecule has 154 valence electrons. The lowest BCUT2D eigenvalue weighted by atomic mass is 9.83. The van der Waals surface area contributed by atoms with Crippen molar-refractivity contribution in [1.29, 1.82) is 0 Å². The molecule has 2 amide bonds. The third kappa shape index (κ3) is 4.15. The second-order valence-electron chi connectivity index (χ2n) is 7.84. The van der Waals surface area contributed by atoms with E-state index in [0.29, 0.717) is 24.6 Å². The molecule has 7 heteroatoms. The third-order valence-corrected chi connectivity index (χ3v) is 6.83. The van der Waals surface area contributed by atoms with Crippen molar-refractivity contribution in [2.24, 2.45) is 5.92 Å². The van der Waals surface area contributed by atoms with E-state index in [1.54, 1.807) is 7.11 Å². The van der Waals surface area contributed by atoms with Crippen LogP contribution in [0.2, 0.25) is 0 Å². The lowest BCUT2D eigenvalue weighted by Gasteiger charge is -2.47. The molecule has 0 saturated carbocycles. The van der Waals surface area contributed by atoms with E-state index in [1.165, 1.54) is 11.3 Å². The van der Waals surface area contributed by atoms with E-state index in [2.05, 4.69) is 4.98 Å². The van der Waals surface area contributed by atoms with Gasteiger partial charge in [-0.1, -0.05) is 18.2 Å². The van der Waals surface area contributed by atoms with Gasteiger partial charge in [-0.15, -0.1) is 11.3 Å². The predicted molar refractivity (Wildman–Crippen MR) is 112 cm³/mol. The van der Waals surface area contributed by atoms with Crippen LogP contribution in [-0.4, -0.2) is 59.4 Å². The topological polar surface area (TPSA) is 62.7 Å². The number of aryl methyl sites for hydroxylation is 1. The molecule has 2 atom stereocenters. The van der Waals surface area contributed by atoms with Gasteiger partial charge in [0, 0.05) is 36.6 Å². The molecule has 0 N–H and O–H groups in total. The van der Waals surface area contributed by atoms with Gasteiger partial charge in [0.2, 0.25) is 5.91 Å². The first-order chi connectivity index (χ1) is 14.1. The van der Waals surface area contributed by atoms with Crippen molar-refractivity contribution in [3.05, 3.63) is 45.9 Å². The summed E-state index contributed by atoms with van der Waals surface area (Å²) in [4.78, 5) is 34.3. The van der Waals surface area contributed by atoms with Gasteiger partial charge in [-0.25, -0.2) is 4.98 Å². The molecule has 3 heterocycles. The summed E-state index contributed by atoms with van der Waals surface area (Å²) in [6, 6.07) is 7.88. The maximum atomic E-state index is 13.0. The maximum Gasteiger partial charge on any atom is 0.273 e. The molecule has 1 aromatic carbocycles. The largest absolute Gasteiger partial charge is 0.496 e. The van der Waals surface area contributed by atoms with Crippen molar-refractivity contribution < 1.29 is 14.3 Å². The second kappa shape index (κ2) is 8.53. The number of para-hydroxylation sites is 1. The Bertz CT molecular complexity index is 897. The standard InChI is InChI=1S/C22H27N3O3S/c1-15-23-18(14-29-15)22(27)25-10-5-7-17-13-24(11-9-19(17)25)21(26)12-16-6-3-4-8-20(16)28-2/h3-4,6,8,14,17,19H,5,7,9-13H2,1-2H3/t17-,19-/m1/s1. The number of nitrogens with zero attached hydrogens (tertiary/aromatic N) is 3. The van der Waals surface area contributed by atoms with Crippen molar-refractivity contribution in [2.45, 2.75) is 38.6 Å². The van der Waals surface area contributed by atoms with Crippen LogP contribution in [-0.2, 0) is 11.2 Å². The monoisotopic (exact) mass is 413 g/mol. The van der Waals surface area contributed by atoms with E-state index in [9.17, 15) is 9.59 Å². The number of amides is 2. The summed E-state index contributed by atoms with van der Waals surface area (Å²) in [5.74, 6) is 1.26. The van der Waals surface area contributed by atoms with Gasteiger partial charge in [-0.3, -0.25) is 9.59 Å². The first kappa shape index (κ1) is 19.9. The summed E-state index contributed by atoms with van der Waals surface area (Å²) in [6.07, 6.45) is 3.22. The number of benzene rings is 1. The van der Waals surface area contributed by atoms with Gasteiger partial charge in [0.1, 0.15) is 11.4 Å². The van der Waals surface area contributed by atoms with Crippen LogP contribution in [0.3, 0.4) is 0 Å². The number of aromatic nitrogens is 1. The number of methoxy groups -OCH3 is 1. The highest BCUT2D eigenvalue weighted by atomic mass is 32.1. The number of hydrogen-bond acceptors (Lipinski definition) is 5. The molecule has 29 heavy (non-hydrogen) atoms.